The highest BCUT2D eigenvalue weighted by Gasteiger charge is 2.13. The van der Waals surface area contributed by atoms with Crippen molar-refractivity contribution in [1.82, 2.24) is 10.2 Å². The van der Waals surface area contributed by atoms with Crippen LogP contribution in [-0.4, -0.2) is 42.1 Å². The lowest BCUT2D eigenvalue weighted by atomic mass is 10.0. The summed E-state index contributed by atoms with van der Waals surface area (Å²) in [5, 5.41) is 11.1. The summed E-state index contributed by atoms with van der Waals surface area (Å²) in [5.74, 6) is -0.683. The van der Waals surface area contributed by atoms with E-state index < -0.39 is 5.97 Å². The standard InChI is InChI=1S/C14H20N2O3/c1-11(12-6-4-3-5-7-12)10-16(2)14(19)15-9-8-13(17)18/h3-7,11H,8-10H2,1-2H3,(H,15,19)(H,17,18). The van der Waals surface area contributed by atoms with E-state index in [1.165, 1.54) is 5.56 Å². The minimum Gasteiger partial charge on any atom is -0.481 e. The Morgan fingerprint density at radius 2 is 1.95 bits per heavy atom. The normalized spacial score (nSPS) is 11.7. The van der Waals surface area contributed by atoms with Crippen molar-refractivity contribution < 1.29 is 14.7 Å². The zero-order chi connectivity index (χ0) is 14.3. The van der Waals surface area contributed by atoms with Gasteiger partial charge in [0.15, 0.2) is 0 Å². The molecule has 19 heavy (non-hydrogen) atoms. The zero-order valence-corrected chi connectivity index (χ0v) is 11.3. The molecule has 5 heteroatoms. The molecule has 1 atom stereocenters. The highest BCUT2D eigenvalue weighted by atomic mass is 16.4. The van der Waals surface area contributed by atoms with Crippen LogP contribution in [-0.2, 0) is 4.79 Å². The maximum absolute atomic E-state index is 11.7. The molecule has 0 fully saturated rings. The molecule has 0 aliphatic carbocycles. The number of nitrogens with one attached hydrogen (secondary N) is 1. The van der Waals surface area contributed by atoms with E-state index in [2.05, 4.69) is 12.2 Å². The van der Waals surface area contributed by atoms with Crippen molar-refractivity contribution in [1.29, 1.82) is 0 Å². The number of aliphatic carboxylic acids is 1. The summed E-state index contributed by atoms with van der Waals surface area (Å²) in [4.78, 5) is 23.6. The summed E-state index contributed by atoms with van der Waals surface area (Å²) in [7, 11) is 1.70. The molecule has 0 aliphatic heterocycles. The molecule has 1 aromatic carbocycles. The van der Waals surface area contributed by atoms with Crippen molar-refractivity contribution in [2.24, 2.45) is 0 Å². The number of carboxylic acids is 1. The Morgan fingerprint density at radius 1 is 1.32 bits per heavy atom. The number of hydrogen-bond donors (Lipinski definition) is 2. The topological polar surface area (TPSA) is 69.6 Å². The average molecular weight is 264 g/mol. The highest BCUT2D eigenvalue weighted by molar-refractivity contribution is 5.75. The molecule has 1 aromatic rings. The van der Waals surface area contributed by atoms with Gasteiger partial charge >= 0.3 is 12.0 Å². The van der Waals surface area contributed by atoms with Crippen LogP contribution in [0, 0.1) is 0 Å². The van der Waals surface area contributed by atoms with E-state index in [1.807, 2.05) is 30.3 Å². The predicted octanol–water partition coefficient (Wildman–Crippen LogP) is 1.91. The lowest BCUT2D eigenvalue weighted by molar-refractivity contribution is -0.136. The third-order valence-corrected chi connectivity index (χ3v) is 2.88. The molecular weight excluding hydrogens is 244 g/mol. The summed E-state index contributed by atoms with van der Waals surface area (Å²) in [6.45, 7) is 2.79. The van der Waals surface area contributed by atoms with Gasteiger partial charge in [0.2, 0.25) is 0 Å². The van der Waals surface area contributed by atoms with E-state index in [4.69, 9.17) is 5.11 Å². The van der Waals surface area contributed by atoms with Gasteiger partial charge in [-0.3, -0.25) is 4.79 Å². The van der Waals surface area contributed by atoms with Gasteiger partial charge in [-0.2, -0.15) is 0 Å². The fourth-order valence-electron chi connectivity index (χ4n) is 1.79. The van der Waals surface area contributed by atoms with Crippen LogP contribution in [0.3, 0.4) is 0 Å². The molecular formula is C14H20N2O3. The second kappa shape index (κ2) is 7.41. The van der Waals surface area contributed by atoms with E-state index in [1.54, 1.807) is 11.9 Å². The summed E-state index contributed by atoms with van der Waals surface area (Å²) in [6.07, 6.45) is -0.0617. The van der Waals surface area contributed by atoms with Crippen LogP contribution < -0.4 is 5.32 Å². The first-order chi connectivity index (χ1) is 9.00. The van der Waals surface area contributed by atoms with Crippen LogP contribution in [0.4, 0.5) is 4.79 Å². The van der Waals surface area contributed by atoms with Crippen LogP contribution in [0.25, 0.3) is 0 Å². The van der Waals surface area contributed by atoms with Crippen molar-refractivity contribution in [2.75, 3.05) is 20.1 Å². The molecule has 0 heterocycles. The number of hydrogen-bond acceptors (Lipinski definition) is 2. The molecule has 0 saturated carbocycles. The molecule has 2 amide bonds. The monoisotopic (exact) mass is 264 g/mol. The lowest BCUT2D eigenvalue weighted by Crippen LogP contribution is -2.39. The molecule has 0 saturated heterocycles. The molecule has 0 aromatic heterocycles. The number of carboxylic acid groups (broad SMARTS) is 1. The number of nitrogens with zero attached hydrogens (tertiary/aromatic N) is 1. The largest absolute Gasteiger partial charge is 0.481 e. The van der Waals surface area contributed by atoms with Crippen molar-refractivity contribution in [2.45, 2.75) is 19.3 Å². The molecule has 1 rings (SSSR count). The second-order valence-corrected chi connectivity index (χ2v) is 4.57. The quantitative estimate of drug-likeness (QED) is 0.824. The molecule has 2 N–H and O–H groups in total. The minimum atomic E-state index is -0.916. The van der Waals surface area contributed by atoms with Gasteiger partial charge in [0, 0.05) is 20.1 Å². The summed E-state index contributed by atoms with van der Waals surface area (Å²) < 4.78 is 0. The fraction of sp³-hybridized carbons (Fsp3) is 0.429. The number of amides is 2. The summed E-state index contributed by atoms with van der Waals surface area (Å²) in [5.41, 5.74) is 1.17. The number of carbonyl (C=O) groups excluding carboxylic acids is 1. The van der Waals surface area contributed by atoms with E-state index in [9.17, 15) is 9.59 Å². The van der Waals surface area contributed by atoms with Gasteiger partial charge in [-0.25, -0.2) is 4.79 Å². The Labute approximate surface area is 113 Å². The molecule has 0 aliphatic rings. The van der Waals surface area contributed by atoms with Crippen LogP contribution in [0.5, 0.6) is 0 Å². The van der Waals surface area contributed by atoms with Crippen molar-refractivity contribution in [3.63, 3.8) is 0 Å². The van der Waals surface area contributed by atoms with Gasteiger partial charge in [-0.05, 0) is 11.5 Å². The summed E-state index contributed by atoms with van der Waals surface area (Å²) >= 11 is 0. The molecule has 5 nitrogen and oxygen atoms in total. The van der Waals surface area contributed by atoms with Gasteiger partial charge in [0.1, 0.15) is 0 Å². The van der Waals surface area contributed by atoms with Crippen molar-refractivity contribution >= 4 is 12.0 Å². The van der Waals surface area contributed by atoms with Gasteiger partial charge in [-0.15, -0.1) is 0 Å². The second-order valence-electron chi connectivity index (χ2n) is 4.57. The van der Waals surface area contributed by atoms with Crippen molar-refractivity contribution in [3.05, 3.63) is 35.9 Å². The number of carbonyl (C=O) groups is 2. The van der Waals surface area contributed by atoms with E-state index in [0.717, 1.165) is 0 Å². The van der Waals surface area contributed by atoms with Crippen LogP contribution in [0.1, 0.15) is 24.8 Å². The minimum absolute atomic E-state index is 0.0617. The van der Waals surface area contributed by atoms with Gasteiger partial charge in [0.25, 0.3) is 0 Å². The Morgan fingerprint density at radius 3 is 2.53 bits per heavy atom. The fourth-order valence-corrected chi connectivity index (χ4v) is 1.79. The maximum atomic E-state index is 11.7. The molecule has 104 valence electrons. The number of benzene rings is 1. The first kappa shape index (κ1) is 15.0. The van der Waals surface area contributed by atoms with Crippen LogP contribution >= 0.6 is 0 Å². The third-order valence-electron chi connectivity index (χ3n) is 2.88. The Kier molecular flexibility index (Phi) is 5.85. The van der Waals surface area contributed by atoms with E-state index in [-0.39, 0.29) is 24.9 Å². The maximum Gasteiger partial charge on any atom is 0.317 e. The van der Waals surface area contributed by atoms with E-state index in [0.29, 0.717) is 6.54 Å². The Bertz CT molecular complexity index is 420. The molecule has 1 unspecified atom stereocenters. The first-order valence-corrected chi connectivity index (χ1v) is 6.26. The Hall–Kier alpha value is -2.04. The van der Waals surface area contributed by atoms with Gasteiger partial charge in [0.05, 0.1) is 6.42 Å². The van der Waals surface area contributed by atoms with E-state index >= 15 is 0 Å². The smallest absolute Gasteiger partial charge is 0.317 e. The first-order valence-electron chi connectivity index (χ1n) is 6.26. The predicted molar refractivity (Wildman–Crippen MR) is 73.1 cm³/mol. The van der Waals surface area contributed by atoms with Gasteiger partial charge < -0.3 is 15.3 Å². The number of rotatable bonds is 6. The highest BCUT2D eigenvalue weighted by Crippen LogP contribution is 2.15. The summed E-state index contributed by atoms with van der Waals surface area (Å²) in [6, 6.07) is 9.71. The Balaban J connectivity index is 2.39. The van der Waals surface area contributed by atoms with Crippen LogP contribution in [0.15, 0.2) is 30.3 Å². The SMILES string of the molecule is CC(CN(C)C(=O)NCCC(=O)O)c1ccccc1. The van der Waals surface area contributed by atoms with Gasteiger partial charge in [-0.1, -0.05) is 37.3 Å². The molecule has 0 radical (unpaired) electrons. The zero-order valence-electron chi connectivity index (χ0n) is 11.3. The lowest BCUT2D eigenvalue weighted by Gasteiger charge is -2.22. The average Bonchev–Trinajstić information content (AvgIpc) is 2.39. The molecule has 0 bridgehead atoms. The van der Waals surface area contributed by atoms with Crippen molar-refractivity contribution in [3.8, 4) is 0 Å². The number of likely N-dealkylation sites (N-methyl/N-ethyl adjacent to an activating group) is 1. The number of urea groups is 1. The van der Waals surface area contributed by atoms with Crippen LogP contribution in [0.2, 0.25) is 0 Å². The molecule has 0 spiro atoms. The third kappa shape index (κ3) is 5.42.